The maximum Gasteiger partial charge on any atom is 0.00952 e. The van der Waals surface area contributed by atoms with Crippen LogP contribution in [-0.4, -0.2) is 24.0 Å². The molecule has 0 bridgehead atoms. The predicted molar refractivity (Wildman–Crippen MR) is 68.3 cm³/mol. The molecule has 1 rings (SSSR count). The minimum Gasteiger partial charge on any atom is -0.300 e. The van der Waals surface area contributed by atoms with E-state index in [0.29, 0.717) is 0 Å². The molecule has 1 aliphatic heterocycles. The zero-order valence-electron chi connectivity index (χ0n) is 10.8. The SMILES string of the molecule is CCCCCN1CCCCC1CCCC. The van der Waals surface area contributed by atoms with Crippen LogP contribution < -0.4 is 0 Å². The van der Waals surface area contributed by atoms with Crippen LogP contribution in [0, 0.1) is 0 Å². The third kappa shape index (κ3) is 5.01. The van der Waals surface area contributed by atoms with Crippen LogP contribution in [0.3, 0.4) is 0 Å². The molecule has 1 saturated heterocycles. The molecule has 0 aromatic rings. The molecule has 0 N–H and O–H groups in total. The van der Waals surface area contributed by atoms with Crippen molar-refractivity contribution in [2.75, 3.05) is 13.1 Å². The Kier molecular flexibility index (Phi) is 7.08. The Balaban J connectivity index is 2.22. The van der Waals surface area contributed by atoms with Crippen LogP contribution in [0.5, 0.6) is 0 Å². The lowest BCUT2D eigenvalue weighted by atomic mass is 9.97. The lowest BCUT2D eigenvalue weighted by Gasteiger charge is -2.35. The first kappa shape index (κ1) is 13.0. The molecule has 1 fully saturated rings. The van der Waals surface area contributed by atoms with Gasteiger partial charge < -0.3 is 4.90 Å². The predicted octanol–water partition coefficient (Wildman–Crippen LogP) is 4.22. The maximum absolute atomic E-state index is 2.77. The van der Waals surface area contributed by atoms with E-state index in [4.69, 9.17) is 0 Å². The van der Waals surface area contributed by atoms with Crippen molar-refractivity contribution in [1.29, 1.82) is 0 Å². The van der Waals surface area contributed by atoms with Crippen molar-refractivity contribution in [2.45, 2.75) is 77.7 Å². The third-order valence-corrected chi connectivity index (χ3v) is 3.69. The second-order valence-electron chi connectivity index (χ2n) is 5.03. The maximum atomic E-state index is 2.77. The summed E-state index contributed by atoms with van der Waals surface area (Å²) in [5.41, 5.74) is 0. The summed E-state index contributed by atoms with van der Waals surface area (Å²) < 4.78 is 0. The monoisotopic (exact) mass is 211 g/mol. The minimum atomic E-state index is 0.926. The van der Waals surface area contributed by atoms with Gasteiger partial charge in [0, 0.05) is 6.04 Å². The number of unbranched alkanes of at least 4 members (excludes halogenated alkanes) is 3. The normalized spacial score (nSPS) is 23.2. The van der Waals surface area contributed by atoms with Gasteiger partial charge in [-0.2, -0.15) is 0 Å². The molecule has 1 aliphatic rings. The molecule has 1 heterocycles. The summed E-state index contributed by atoms with van der Waals surface area (Å²) >= 11 is 0. The van der Waals surface area contributed by atoms with Crippen molar-refractivity contribution in [3.63, 3.8) is 0 Å². The molecule has 0 spiro atoms. The van der Waals surface area contributed by atoms with Crippen LogP contribution in [0.1, 0.15) is 71.6 Å². The molecule has 0 amide bonds. The highest BCUT2D eigenvalue weighted by Crippen LogP contribution is 2.21. The van der Waals surface area contributed by atoms with Gasteiger partial charge in [-0.1, -0.05) is 46.0 Å². The van der Waals surface area contributed by atoms with E-state index in [0.717, 1.165) is 6.04 Å². The number of nitrogens with zero attached hydrogens (tertiary/aromatic N) is 1. The Bertz CT molecular complexity index is 144. The van der Waals surface area contributed by atoms with Gasteiger partial charge in [-0.05, 0) is 38.8 Å². The molecule has 1 heteroatoms. The Hall–Kier alpha value is -0.0400. The first-order valence-electron chi connectivity index (χ1n) is 7.12. The molecule has 0 aromatic heterocycles. The van der Waals surface area contributed by atoms with Crippen molar-refractivity contribution in [1.82, 2.24) is 4.90 Å². The largest absolute Gasteiger partial charge is 0.300 e. The Morgan fingerprint density at radius 2 is 1.80 bits per heavy atom. The molecule has 15 heavy (non-hydrogen) atoms. The van der Waals surface area contributed by atoms with Crippen molar-refractivity contribution < 1.29 is 0 Å². The average molecular weight is 211 g/mol. The second kappa shape index (κ2) is 8.15. The summed E-state index contributed by atoms with van der Waals surface area (Å²) in [6.45, 7) is 7.34. The van der Waals surface area contributed by atoms with E-state index in [9.17, 15) is 0 Å². The van der Waals surface area contributed by atoms with E-state index >= 15 is 0 Å². The van der Waals surface area contributed by atoms with Gasteiger partial charge in [0.2, 0.25) is 0 Å². The summed E-state index contributed by atoms with van der Waals surface area (Å²) in [7, 11) is 0. The third-order valence-electron chi connectivity index (χ3n) is 3.69. The van der Waals surface area contributed by atoms with Gasteiger partial charge in [0.05, 0.1) is 0 Å². The highest BCUT2D eigenvalue weighted by atomic mass is 15.2. The molecule has 1 nitrogen and oxygen atoms in total. The van der Waals surface area contributed by atoms with E-state index in [-0.39, 0.29) is 0 Å². The second-order valence-corrected chi connectivity index (χ2v) is 5.03. The molecule has 0 saturated carbocycles. The van der Waals surface area contributed by atoms with Gasteiger partial charge in [0.15, 0.2) is 0 Å². The number of rotatable bonds is 7. The van der Waals surface area contributed by atoms with Gasteiger partial charge >= 0.3 is 0 Å². The fourth-order valence-corrected chi connectivity index (χ4v) is 2.69. The van der Waals surface area contributed by atoms with Crippen molar-refractivity contribution in [2.24, 2.45) is 0 Å². The zero-order chi connectivity index (χ0) is 10.9. The molecule has 1 atom stereocenters. The topological polar surface area (TPSA) is 3.24 Å². The number of hydrogen-bond acceptors (Lipinski definition) is 1. The van der Waals surface area contributed by atoms with Crippen molar-refractivity contribution >= 4 is 0 Å². The summed E-state index contributed by atoms with van der Waals surface area (Å²) in [6.07, 6.45) is 12.8. The van der Waals surface area contributed by atoms with Crippen LogP contribution in [0.2, 0.25) is 0 Å². The van der Waals surface area contributed by atoms with Crippen LogP contribution >= 0.6 is 0 Å². The number of likely N-dealkylation sites (tertiary alicyclic amines) is 1. The highest BCUT2D eigenvalue weighted by Gasteiger charge is 2.20. The zero-order valence-corrected chi connectivity index (χ0v) is 10.8. The van der Waals surface area contributed by atoms with Crippen LogP contribution in [-0.2, 0) is 0 Å². The smallest absolute Gasteiger partial charge is 0.00952 e. The van der Waals surface area contributed by atoms with Gasteiger partial charge in [0.1, 0.15) is 0 Å². The van der Waals surface area contributed by atoms with Crippen molar-refractivity contribution in [3.8, 4) is 0 Å². The quantitative estimate of drug-likeness (QED) is 0.570. The molecular weight excluding hydrogens is 182 g/mol. The number of hydrogen-bond donors (Lipinski definition) is 0. The standard InChI is InChI=1S/C14H29N/c1-3-5-8-12-15-13-9-7-11-14(15)10-6-4-2/h14H,3-13H2,1-2H3. The summed E-state index contributed by atoms with van der Waals surface area (Å²) in [6, 6.07) is 0.926. The minimum absolute atomic E-state index is 0.926. The fraction of sp³-hybridized carbons (Fsp3) is 1.00. The van der Waals surface area contributed by atoms with Gasteiger partial charge in [-0.25, -0.2) is 0 Å². The lowest BCUT2D eigenvalue weighted by molar-refractivity contribution is 0.135. The molecule has 0 aliphatic carbocycles. The molecule has 0 aromatic carbocycles. The van der Waals surface area contributed by atoms with E-state index < -0.39 is 0 Å². The van der Waals surface area contributed by atoms with Gasteiger partial charge in [-0.15, -0.1) is 0 Å². The van der Waals surface area contributed by atoms with E-state index in [1.807, 2.05) is 0 Å². The molecule has 0 radical (unpaired) electrons. The van der Waals surface area contributed by atoms with Crippen LogP contribution in [0.4, 0.5) is 0 Å². The van der Waals surface area contributed by atoms with Gasteiger partial charge in [0.25, 0.3) is 0 Å². The van der Waals surface area contributed by atoms with E-state index in [1.54, 1.807) is 0 Å². The van der Waals surface area contributed by atoms with Crippen LogP contribution in [0.25, 0.3) is 0 Å². The molecular formula is C14H29N. The Morgan fingerprint density at radius 1 is 1.00 bits per heavy atom. The first-order chi connectivity index (χ1) is 7.38. The molecule has 1 unspecified atom stereocenters. The molecule has 90 valence electrons. The van der Waals surface area contributed by atoms with Crippen LogP contribution in [0.15, 0.2) is 0 Å². The Morgan fingerprint density at radius 3 is 2.53 bits per heavy atom. The van der Waals surface area contributed by atoms with E-state index in [2.05, 4.69) is 18.7 Å². The van der Waals surface area contributed by atoms with E-state index in [1.165, 1.54) is 70.9 Å². The van der Waals surface area contributed by atoms with Gasteiger partial charge in [-0.3, -0.25) is 0 Å². The first-order valence-corrected chi connectivity index (χ1v) is 7.12. The fourth-order valence-electron chi connectivity index (χ4n) is 2.69. The summed E-state index contributed by atoms with van der Waals surface area (Å²) in [5.74, 6) is 0. The highest BCUT2D eigenvalue weighted by molar-refractivity contribution is 4.76. The number of piperidine rings is 1. The lowest BCUT2D eigenvalue weighted by Crippen LogP contribution is -2.40. The summed E-state index contributed by atoms with van der Waals surface area (Å²) in [4.78, 5) is 2.77. The summed E-state index contributed by atoms with van der Waals surface area (Å²) in [5, 5.41) is 0. The Labute approximate surface area is 96.2 Å². The average Bonchev–Trinajstić information content (AvgIpc) is 2.28. The van der Waals surface area contributed by atoms with Crippen molar-refractivity contribution in [3.05, 3.63) is 0 Å².